The fourth-order valence-corrected chi connectivity index (χ4v) is 4.12. The van der Waals surface area contributed by atoms with E-state index in [1.807, 2.05) is 60.7 Å². The van der Waals surface area contributed by atoms with Gasteiger partial charge in [0.1, 0.15) is 23.9 Å². The number of ether oxygens (including phenoxy) is 1. The van der Waals surface area contributed by atoms with Crippen molar-refractivity contribution in [3.8, 4) is 5.75 Å². The Bertz CT molecular complexity index is 1270. The molecule has 0 saturated carbocycles. The molecule has 0 aromatic heterocycles. The topological polar surface area (TPSA) is 160 Å². The molecule has 0 aliphatic rings. The van der Waals surface area contributed by atoms with Crippen LogP contribution < -0.4 is 21.7 Å². The number of nitrogens with two attached hydrogens (primary N) is 1. The zero-order chi connectivity index (χ0) is 28.9. The van der Waals surface area contributed by atoms with E-state index in [9.17, 15) is 24.3 Å². The normalized spacial score (nSPS) is 12.8. The molecule has 0 aliphatic heterocycles. The number of benzene rings is 3. The zero-order valence-corrected chi connectivity index (χ0v) is 22.2. The molecule has 3 aromatic carbocycles. The highest BCUT2D eigenvalue weighted by atomic mass is 16.5. The van der Waals surface area contributed by atoms with Gasteiger partial charge in [-0.2, -0.15) is 0 Å². The maximum atomic E-state index is 13.5. The second-order valence-electron chi connectivity index (χ2n) is 9.22. The summed E-state index contributed by atoms with van der Waals surface area (Å²) < 4.78 is 4.90. The second kappa shape index (κ2) is 15.0. The van der Waals surface area contributed by atoms with E-state index in [2.05, 4.69) is 16.0 Å². The Morgan fingerprint density at radius 1 is 0.675 bits per heavy atom. The molecule has 10 heteroatoms. The summed E-state index contributed by atoms with van der Waals surface area (Å²) in [6.07, 6.45) is 0.423. The molecule has 6 N–H and O–H groups in total. The number of nitrogens with one attached hydrogen (secondary N) is 3. The number of rotatable bonds is 13. The fourth-order valence-electron chi connectivity index (χ4n) is 4.12. The molecule has 0 fully saturated rings. The molecule has 0 saturated heterocycles. The molecule has 0 heterocycles. The first-order valence-corrected chi connectivity index (χ1v) is 12.8. The van der Waals surface area contributed by atoms with Gasteiger partial charge in [0.15, 0.2) is 0 Å². The zero-order valence-electron chi connectivity index (χ0n) is 22.2. The lowest BCUT2D eigenvalue weighted by Gasteiger charge is -2.25. The first kappa shape index (κ1) is 29.9. The van der Waals surface area contributed by atoms with Gasteiger partial charge >= 0.3 is 5.97 Å². The quantitative estimate of drug-likeness (QED) is 0.200. The highest BCUT2D eigenvalue weighted by molar-refractivity contribution is 5.94. The van der Waals surface area contributed by atoms with Crippen molar-refractivity contribution in [2.75, 3.05) is 13.7 Å². The Hall–Kier alpha value is -4.70. The van der Waals surface area contributed by atoms with Crippen molar-refractivity contribution in [1.82, 2.24) is 16.0 Å². The van der Waals surface area contributed by atoms with Crippen molar-refractivity contribution in [3.63, 3.8) is 0 Å². The third-order valence-electron chi connectivity index (χ3n) is 6.21. The van der Waals surface area contributed by atoms with Crippen LogP contribution in [0.15, 0.2) is 84.9 Å². The largest absolute Gasteiger partial charge is 0.508 e. The van der Waals surface area contributed by atoms with E-state index >= 15 is 0 Å². The first-order valence-electron chi connectivity index (χ1n) is 12.8. The summed E-state index contributed by atoms with van der Waals surface area (Å²) >= 11 is 0. The maximum absolute atomic E-state index is 13.5. The minimum atomic E-state index is -1.07. The van der Waals surface area contributed by atoms with E-state index in [1.54, 1.807) is 12.1 Å². The molecule has 3 aromatic rings. The number of esters is 1. The summed E-state index contributed by atoms with van der Waals surface area (Å²) in [4.78, 5) is 51.6. The molecular weight excluding hydrogens is 512 g/mol. The maximum Gasteiger partial charge on any atom is 0.328 e. The smallest absolute Gasteiger partial charge is 0.328 e. The minimum Gasteiger partial charge on any atom is -0.508 e. The van der Waals surface area contributed by atoms with Crippen LogP contribution in [0.1, 0.15) is 16.7 Å². The number of hydrogen-bond acceptors (Lipinski definition) is 7. The van der Waals surface area contributed by atoms with Gasteiger partial charge in [0.2, 0.25) is 17.7 Å². The molecular formula is C30H34N4O6. The van der Waals surface area contributed by atoms with E-state index in [-0.39, 0.29) is 31.6 Å². The summed E-state index contributed by atoms with van der Waals surface area (Å²) in [7, 11) is 1.22. The molecule has 0 aliphatic carbocycles. The van der Waals surface area contributed by atoms with Crippen LogP contribution in [0, 0.1) is 0 Å². The van der Waals surface area contributed by atoms with Gasteiger partial charge in [-0.25, -0.2) is 4.79 Å². The molecule has 40 heavy (non-hydrogen) atoms. The van der Waals surface area contributed by atoms with Crippen molar-refractivity contribution in [3.05, 3.63) is 102 Å². The lowest BCUT2D eigenvalue weighted by Crippen LogP contribution is -2.57. The first-order chi connectivity index (χ1) is 19.3. The number of aromatic hydroxyl groups is 1. The van der Waals surface area contributed by atoms with E-state index in [4.69, 9.17) is 10.5 Å². The van der Waals surface area contributed by atoms with E-state index in [0.717, 1.165) is 11.1 Å². The highest BCUT2D eigenvalue weighted by Crippen LogP contribution is 2.13. The van der Waals surface area contributed by atoms with Crippen LogP contribution in [0.5, 0.6) is 5.75 Å². The fraction of sp³-hybridized carbons (Fsp3) is 0.267. The van der Waals surface area contributed by atoms with Gasteiger partial charge in [-0.3, -0.25) is 14.4 Å². The van der Waals surface area contributed by atoms with Crippen molar-refractivity contribution in [1.29, 1.82) is 0 Å². The molecule has 210 valence electrons. The number of carbonyl (C=O) groups is 4. The summed E-state index contributed by atoms with van der Waals surface area (Å²) in [6, 6.07) is 21.3. The molecule has 10 nitrogen and oxygen atoms in total. The number of phenols is 1. The van der Waals surface area contributed by atoms with Crippen LogP contribution in [0.2, 0.25) is 0 Å². The van der Waals surface area contributed by atoms with E-state index < -0.39 is 41.8 Å². The molecule has 3 rings (SSSR count). The van der Waals surface area contributed by atoms with Crippen molar-refractivity contribution >= 4 is 23.7 Å². The summed E-state index contributed by atoms with van der Waals surface area (Å²) in [5.41, 5.74) is 7.74. The lowest BCUT2D eigenvalue weighted by atomic mass is 10.0. The van der Waals surface area contributed by atoms with Crippen LogP contribution in [-0.2, 0) is 43.2 Å². The molecule has 0 spiro atoms. The van der Waals surface area contributed by atoms with Crippen molar-refractivity contribution in [2.24, 2.45) is 5.73 Å². The van der Waals surface area contributed by atoms with Crippen LogP contribution in [-0.4, -0.2) is 60.6 Å². The van der Waals surface area contributed by atoms with E-state index in [1.165, 1.54) is 19.2 Å². The van der Waals surface area contributed by atoms with Gasteiger partial charge in [0.25, 0.3) is 0 Å². The van der Waals surface area contributed by atoms with Crippen LogP contribution >= 0.6 is 0 Å². The average Bonchev–Trinajstić information content (AvgIpc) is 2.97. The SMILES string of the molecule is COC(=O)[C@H](Cc1ccc(O)cc1)NC(=O)[C@H](Cc1ccccc1)NC(=O)[C@H](Cc1ccccc1)NC(=O)CN. The Labute approximate surface area is 232 Å². The van der Waals surface area contributed by atoms with Gasteiger partial charge < -0.3 is 31.5 Å². The number of amides is 3. The standard InChI is InChI=1S/C30H34N4O6/c1-40-30(39)26(18-22-12-14-23(35)15-13-22)34-29(38)25(17-21-10-6-3-7-11-21)33-28(37)24(32-27(36)19-31)16-20-8-4-2-5-9-20/h2-15,24-26,35H,16-19,31H2,1H3,(H,32,36)(H,33,37)(H,34,38)/t24-,25-,26-/m0/s1. The third kappa shape index (κ3) is 9.25. The summed E-state index contributed by atoms with van der Waals surface area (Å²) in [5, 5.41) is 17.6. The van der Waals surface area contributed by atoms with Gasteiger partial charge in [-0.1, -0.05) is 72.8 Å². The van der Waals surface area contributed by atoms with E-state index in [0.29, 0.717) is 5.56 Å². The number of methoxy groups -OCH3 is 1. The van der Waals surface area contributed by atoms with Gasteiger partial charge in [0, 0.05) is 19.3 Å². The Morgan fingerprint density at radius 3 is 1.57 bits per heavy atom. The predicted octanol–water partition coefficient (Wildman–Crippen LogP) is 1.01. The number of phenolic OH excluding ortho intramolecular Hbond substituents is 1. The number of carbonyl (C=O) groups excluding carboxylic acids is 4. The average molecular weight is 547 g/mol. The lowest BCUT2D eigenvalue weighted by molar-refractivity contribution is -0.145. The molecule has 3 atom stereocenters. The van der Waals surface area contributed by atoms with Gasteiger partial charge in [0.05, 0.1) is 13.7 Å². The highest BCUT2D eigenvalue weighted by Gasteiger charge is 2.30. The molecule has 0 unspecified atom stereocenters. The Balaban J connectivity index is 1.83. The van der Waals surface area contributed by atoms with Crippen molar-refractivity contribution in [2.45, 2.75) is 37.4 Å². The van der Waals surface area contributed by atoms with Crippen LogP contribution in [0.25, 0.3) is 0 Å². The summed E-state index contributed by atoms with van der Waals surface area (Å²) in [5.74, 6) is -2.28. The van der Waals surface area contributed by atoms with Crippen LogP contribution in [0.3, 0.4) is 0 Å². The minimum absolute atomic E-state index is 0.0693. The molecule has 0 radical (unpaired) electrons. The Kier molecular flexibility index (Phi) is 11.2. The van der Waals surface area contributed by atoms with Gasteiger partial charge in [-0.05, 0) is 28.8 Å². The van der Waals surface area contributed by atoms with Crippen LogP contribution in [0.4, 0.5) is 0 Å². The second-order valence-corrected chi connectivity index (χ2v) is 9.22. The monoisotopic (exact) mass is 546 g/mol. The molecule has 0 bridgehead atoms. The number of hydrogen-bond donors (Lipinski definition) is 5. The summed E-state index contributed by atoms with van der Waals surface area (Å²) in [6.45, 7) is -0.301. The Morgan fingerprint density at radius 2 is 1.10 bits per heavy atom. The van der Waals surface area contributed by atoms with Gasteiger partial charge in [-0.15, -0.1) is 0 Å². The molecule has 3 amide bonds. The predicted molar refractivity (Wildman–Crippen MR) is 149 cm³/mol. The van der Waals surface area contributed by atoms with Crippen molar-refractivity contribution < 1.29 is 29.0 Å². The third-order valence-corrected chi connectivity index (χ3v) is 6.21.